The molecule has 0 unspecified atom stereocenters. The molecule has 0 N–H and O–H groups in total. The number of aromatic nitrogens is 1. The first kappa shape index (κ1) is 17.2. The van der Waals surface area contributed by atoms with Gasteiger partial charge in [-0.1, -0.05) is 30.3 Å². The monoisotopic (exact) mass is 362 g/mol. The predicted octanol–water partition coefficient (Wildman–Crippen LogP) is 3.84. The van der Waals surface area contributed by atoms with Gasteiger partial charge in [0.1, 0.15) is 5.82 Å². The molecule has 1 amide bonds. The zero-order valence-electron chi connectivity index (χ0n) is 14.8. The summed E-state index contributed by atoms with van der Waals surface area (Å²) < 4.78 is 14.8. The van der Waals surface area contributed by atoms with Crippen LogP contribution in [0, 0.1) is 5.82 Å². The summed E-state index contributed by atoms with van der Waals surface area (Å²) in [7, 11) is 0. The summed E-state index contributed by atoms with van der Waals surface area (Å²) in [6, 6.07) is 17.2. The van der Waals surface area contributed by atoms with E-state index >= 15 is 0 Å². The van der Waals surface area contributed by atoms with Crippen molar-refractivity contribution in [1.29, 1.82) is 0 Å². The summed E-state index contributed by atoms with van der Waals surface area (Å²) in [6.45, 7) is 0.943. The minimum atomic E-state index is -0.529. The van der Waals surface area contributed by atoms with Crippen molar-refractivity contribution in [2.75, 3.05) is 11.4 Å². The van der Waals surface area contributed by atoms with Crippen molar-refractivity contribution in [2.24, 2.45) is 0 Å². The molecule has 0 spiro atoms. The summed E-state index contributed by atoms with van der Waals surface area (Å²) >= 11 is 0. The highest BCUT2D eigenvalue weighted by atomic mass is 19.1. The minimum Gasteiger partial charge on any atom is -0.340 e. The SMILES string of the molecule is O=C(C(=O)N1CCCc2ccccc21)c1cccn1Cc1ccc(F)cc1. The van der Waals surface area contributed by atoms with Crippen LogP contribution in [0.2, 0.25) is 0 Å². The molecule has 0 bridgehead atoms. The second-order valence-corrected chi connectivity index (χ2v) is 6.67. The number of hydrogen-bond acceptors (Lipinski definition) is 2. The van der Waals surface area contributed by atoms with Crippen molar-refractivity contribution in [2.45, 2.75) is 19.4 Å². The summed E-state index contributed by atoms with van der Waals surface area (Å²) in [5.41, 5.74) is 3.11. The van der Waals surface area contributed by atoms with Crippen molar-refractivity contribution < 1.29 is 14.0 Å². The van der Waals surface area contributed by atoms with Crippen LogP contribution >= 0.6 is 0 Å². The van der Waals surface area contributed by atoms with Gasteiger partial charge in [-0.15, -0.1) is 0 Å². The van der Waals surface area contributed by atoms with Gasteiger partial charge in [0.25, 0.3) is 5.78 Å². The Hall–Kier alpha value is -3.21. The Labute approximate surface area is 156 Å². The van der Waals surface area contributed by atoms with E-state index < -0.39 is 11.7 Å². The van der Waals surface area contributed by atoms with Crippen molar-refractivity contribution in [3.8, 4) is 0 Å². The molecule has 4 rings (SSSR count). The van der Waals surface area contributed by atoms with Crippen LogP contribution in [0.3, 0.4) is 0 Å². The van der Waals surface area contributed by atoms with E-state index in [1.807, 2.05) is 24.3 Å². The molecule has 1 aromatic heterocycles. The van der Waals surface area contributed by atoms with Gasteiger partial charge in [0.2, 0.25) is 0 Å². The van der Waals surface area contributed by atoms with Crippen LogP contribution in [-0.2, 0) is 17.8 Å². The number of halogens is 1. The number of carbonyl (C=O) groups is 2. The lowest BCUT2D eigenvalue weighted by Crippen LogP contribution is -2.40. The fraction of sp³-hybridized carbons (Fsp3) is 0.182. The number of amides is 1. The number of rotatable bonds is 4. The van der Waals surface area contributed by atoms with Crippen LogP contribution in [-0.4, -0.2) is 22.8 Å². The third kappa shape index (κ3) is 3.40. The Morgan fingerprint density at radius 2 is 1.74 bits per heavy atom. The van der Waals surface area contributed by atoms with E-state index in [4.69, 9.17) is 0 Å². The predicted molar refractivity (Wildman–Crippen MR) is 101 cm³/mol. The first-order chi connectivity index (χ1) is 13.1. The van der Waals surface area contributed by atoms with E-state index in [0.717, 1.165) is 29.7 Å². The number of fused-ring (bicyclic) bond motifs is 1. The van der Waals surface area contributed by atoms with Gasteiger partial charge in [-0.3, -0.25) is 9.59 Å². The fourth-order valence-electron chi connectivity index (χ4n) is 3.52. The number of nitrogens with zero attached hydrogens (tertiary/aromatic N) is 2. The Balaban J connectivity index is 1.58. The molecule has 4 nitrogen and oxygen atoms in total. The van der Waals surface area contributed by atoms with Gasteiger partial charge in [-0.25, -0.2) is 4.39 Å². The Morgan fingerprint density at radius 3 is 2.56 bits per heavy atom. The summed E-state index contributed by atoms with van der Waals surface area (Å²) in [5, 5.41) is 0. The van der Waals surface area contributed by atoms with Gasteiger partial charge in [0.15, 0.2) is 0 Å². The van der Waals surface area contributed by atoms with E-state index in [9.17, 15) is 14.0 Å². The molecule has 2 aromatic carbocycles. The first-order valence-electron chi connectivity index (χ1n) is 8.97. The summed E-state index contributed by atoms with van der Waals surface area (Å²) in [5.74, 6) is -1.35. The molecule has 0 aliphatic carbocycles. The average Bonchev–Trinajstić information content (AvgIpc) is 3.16. The van der Waals surface area contributed by atoms with Crippen molar-refractivity contribution >= 4 is 17.4 Å². The molecule has 3 aromatic rings. The van der Waals surface area contributed by atoms with Gasteiger partial charge in [-0.05, 0) is 54.3 Å². The molecule has 1 aliphatic rings. The van der Waals surface area contributed by atoms with E-state index in [2.05, 4.69) is 0 Å². The van der Waals surface area contributed by atoms with Crippen molar-refractivity contribution in [1.82, 2.24) is 4.57 Å². The van der Waals surface area contributed by atoms with Crippen molar-refractivity contribution in [3.05, 3.63) is 89.5 Å². The number of carbonyl (C=O) groups excluding carboxylic acids is 2. The molecular weight excluding hydrogens is 343 g/mol. The number of Topliss-reactive ketones (excluding diaryl/α,β-unsaturated/α-hetero) is 1. The normalized spacial score (nSPS) is 13.3. The van der Waals surface area contributed by atoms with Gasteiger partial charge in [-0.2, -0.15) is 0 Å². The van der Waals surface area contributed by atoms with Gasteiger partial charge < -0.3 is 9.47 Å². The molecule has 0 atom stereocenters. The molecular formula is C22H19FN2O2. The number of hydrogen-bond donors (Lipinski definition) is 0. The number of ketones is 1. The minimum absolute atomic E-state index is 0.304. The van der Waals surface area contributed by atoms with Crippen molar-refractivity contribution in [3.63, 3.8) is 0 Å². The molecule has 0 radical (unpaired) electrons. The second kappa shape index (κ2) is 7.19. The maximum Gasteiger partial charge on any atom is 0.300 e. The zero-order valence-corrected chi connectivity index (χ0v) is 14.8. The number of para-hydroxylation sites is 1. The van der Waals surface area contributed by atoms with Crippen LogP contribution in [0.1, 0.15) is 28.0 Å². The highest BCUT2D eigenvalue weighted by molar-refractivity contribution is 6.46. The van der Waals surface area contributed by atoms with E-state index in [1.165, 1.54) is 12.1 Å². The molecule has 0 saturated heterocycles. The lowest BCUT2D eigenvalue weighted by Gasteiger charge is -2.28. The summed E-state index contributed by atoms with van der Waals surface area (Å²) in [4.78, 5) is 27.4. The van der Waals surface area contributed by atoms with E-state index in [-0.39, 0.29) is 5.82 Å². The number of aryl methyl sites for hydroxylation is 1. The molecule has 1 aliphatic heterocycles. The van der Waals surface area contributed by atoms with Crippen LogP contribution in [0.4, 0.5) is 10.1 Å². The molecule has 0 saturated carbocycles. The van der Waals surface area contributed by atoms with Gasteiger partial charge in [0.05, 0.1) is 5.69 Å². The maximum absolute atomic E-state index is 13.1. The molecule has 27 heavy (non-hydrogen) atoms. The zero-order chi connectivity index (χ0) is 18.8. The standard InChI is InChI=1S/C22H19FN2O2/c23-18-11-9-16(10-12-18)15-24-13-4-8-20(24)21(26)22(27)25-14-3-6-17-5-1-2-7-19(17)25/h1-2,4-5,7-13H,3,6,14-15H2. The van der Waals surface area contributed by atoms with Crippen LogP contribution in [0.25, 0.3) is 0 Å². The average molecular weight is 362 g/mol. The lowest BCUT2D eigenvalue weighted by molar-refractivity contribution is -0.114. The molecule has 0 fully saturated rings. The lowest BCUT2D eigenvalue weighted by atomic mass is 10.0. The topological polar surface area (TPSA) is 42.3 Å². The number of benzene rings is 2. The Kier molecular flexibility index (Phi) is 4.59. The van der Waals surface area contributed by atoms with Crippen LogP contribution in [0.15, 0.2) is 66.9 Å². The first-order valence-corrected chi connectivity index (χ1v) is 8.97. The Morgan fingerprint density at radius 1 is 0.963 bits per heavy atom. The van der Waals surface area contributed by atoms with Gasteiger partial charge in [0, 0.05) is 25.0 Å². The van der Waals surface area contributed by atoms with Gasteiger partial charge >= 0.3 is 5.91 Å². The van der Waals surface area contributed by atoms with E-state index in [0.29, 0.717) is 18.8 Å². The highest BCUT2D eigenvalue weighted by Crippen LogP contribution is 2.27. The number of anilines is 1. The summed E-state index contributed by atoms with van der Waals surface area (Å²) in [6.07, 6.45) is 3.51. The van der Waals surface area contributed by atoms with Crippen LogP contribution in [0.5, 0.6) is 0 Å². The quantitative estimate of drug-likeness (QED) is 0.523. The smallest absolute Gasteiger partial charge is 0.300 e. The third-order valence-corrected chi connectivity index (χ3v) is 4.88. The maximum atomic E-state index is 13.1. The molecule has 136 valence electrons. The Bertz CT molecular complexity index is 992. The third-order valence-electron chi connectivity index (χ3n) is 4.88. The fourth-order valence-corrected chi connectivity index (χ4v) is 3.52. The van der Waals surface area contributed by atoms with E-state index in [1.54, 1.807) is 39.9 Å². The largest absolute Gasteiger partial charge is 0.340 e. The molecule has 2 heterocycles. The van der Waals surface area contributed by atoms with Crippen LogP contribution < -0.4 is 4.90 Å². The molecule has 5 heteroatoms. The second-order valence-electron chi connectivity index (χ2n) is 6.67. The highest BCUT2D eigenvalue weighted by Gasteiger charge is 2.29.